The van der Waals surface area contributed by atoms with E-state index in [1.807, 2.05) is 35.0 Å². The van der Waals surface area contributed by atoms with Crippen LogP contribution in [-0.2, 0) is 6.54 Å². The Morgan fingerprint density at radius 2 is 1.91 bits per heavy atom. The molecule has 0 bridgehead atoms. The highest BCUT2D eigenvalue weighted by Gasteiger charge is 2.03. The predicted octanol–water partition coefficient (Wildman–Crippen LogP) is 5.70. The summed E-state index contributed by atoms with van der Waals surface area (Å²) in [5, 5.41) is 1.07. The van der Waals surface area contributed by atoms with Crippen molar-refractivity contribution in [3.63, 3.8) is 0 Å². The van der Waals surface area contributed by atoms with Crippen molar-refractivity contribution in [2.75, 3.05) is 0 Å². The number of allylic oxidation sites excluding steroid dienone is 1. The summed E-state index contributed by atoms with van der Waals surface area (Å²) in [4.78, 5) is 4.01. The highest BCUT2D eigenvalue weighted by molar-refractivity contribution is 6.35. The normalized spacial score (nSPS) is 11.0. The number of rotatable bonds is 5. The Hall–Kier alpha value is -2.23. The van der Waals surface area contributed by atoms with Crippen LogP contribution in [0.15, 0.2) is 67.3 Å². The zero-order valence-corrected chi connectivity index (χ0v) is 13.7. The number of hydrogen-bond donors (Lipinski definition) is 0. The fourth-order valence-corrected chi connectivity index (χ4v) is 2.48. The second kappa shape index (κ2) is 7.36. The minimum absolute atomic E-state index is 0.488. The molecule has 0 N–H and O–H groups in total. The number of ether oxygens (including phenoxy) is 1. The van der Waals surface area contributed by atoms with Gasteiger partial charge in [0.2, 0.25) is 0 Å². The Balaban J connectivity index is 1.63. The average Bonchev–Trinajstić information content (AvgIpc) is 3.05. The van der Waals surface area contributed by atoms with Gasteiger partial charge in [-0.15, -0.1) is 0 Å². The first-order valence-corrected chi connectivity index (χ1v) is 7.81. The number of nitrogens with zero attached hydrogens (tertiary/aromatic N) is 2. The summed E-state index contributed by atoms with van der Waals surface area (Å²) in [6.07, 6.45) is 9.61. The van der Waals surface area contributed by atoms with E-state index in [-0.39, 0.29) is 0 Å². The topological polar surface area (TPSA) is 27.1 Å². The van der Waals surface area contributed by atoms with Gasteiger partial charge in [-0.3, -0.25) is 0 Å². The van der Waals surface area contributed by atoms with E-state index in [9.17, 15) is 0 Å². The SMILES string of the molecule is Clc1ccc(Oc2ccc(C=CCn3ccnc3)cc2)c(Cl)c1. The lowest BCUT2D eigenvalue weighted by Gasteiger charge is -2.08. The predicted molar refractivity (Wildman–Crippen MR) is 94.2 cm³/mol. The van der Waals surface area contributed by atoms with Crippen molar-refractivity contribution in [1.29, 1.82) is 0 Å². The van der Waals surface area contributed by atoms with E-state index in [0.717, 1.165) is 17.9 Å². The summed E-state index contributed by atoms with van der Waals surface area (Å²) >= 11 is 12.0. The van der Waals surface area contributed by atoms with Gasteiger partial charge in [0.15, 0.2) is 0 Å². The van der Waals surface area contributed by atoms with Gasteiger partial charge >= 0.3 is 0 Å². The van der Waals surface area contributed by atoms with Gasteiger partial charge in [-0.25, -0.2) is 4.98 Å². The van der Waals surface area contributed by atoms with E-state index >= 15 is 0 Å². The molecule has 3 rings (SSSR count). The molecular weight excluding hydrogens is 331 g/mol. The van der Waals surface area contributed by atoms with E-state index in [4.69, 9.17) is 27.9 Å². The van der Waals surface area contributed by atoms with E-state index in [2.05, 4.69) is 17.1 Å². The highest BCUT2D eigenvalue weighted by atomic mass is 35.5. The number of imidazole rings is 1. The summed E-state index contributed by atoms with van der Waals surface area (Å²) in [7, 11) is 0. The molecule has 0 radical (unpaired) electrons. The molecule has 0 aliphatic heterocycles. The van der Waals surface area contributed by atoms with Gasteiger partial charge in [0.05, 0.1) is 11.3 Å². The van der Waals surface area contributed by atoms with E-state index in [1.54, 1.807) is 30.7 Å². The van der Waals surface area contributed by atoms with Gasteiger partial charge < -0.3 is 9.30 Å². The van der Waals surface area contributed by atoms with Gasteiger partial charge in [0.1, 0.15) is 11.5 Å². The molecule has 0 amide bonds. The monoisotopic (exact) mass is 344 g/mol. The van der Waals surface area contributed by atoms with Crippen molar-refractivity contribution >= 4 is 29.3 Å². The van der Waals surface area contributed by atoms with Crippen LogP contribution in [-0.4, -0.2) is 9.55 Å². The molecule has 0 aliphatic carbocycles. The molecule has 3 nitrogen and oxygen atoms in total. The van der Waals surface area contributed by atoms with Crippen LogP contribution in [0.1, 0.15) is 5.56 Å². The lowest BCUT2D eigenvalue weighted by molar-refractivity contribution is 0.483. The summed E-state index contributed by atoms with van der Waals surface area (Å²) < 4.78 is 7.75. The Morgan fingerprint density at radius 1 is 1.09 bits per heavy atom. The maximum absolute atomic E-state index is 6.10. The summed E-state index contributed by atoms with van der Waals surface area (Å²) in [5.74, 6) is 1.31. The van der Waals surface area contributed by atoms with Crippen molar-refractivity contribution in [3.05, 3.63) is 82.9 Å². The van der Waals surface area contributed by atoms with Gasteiger partial charge in [0.25, 0.3) is 0 Å². The first-order chi connectivity index (χ1) is 11.2. The molecule has 3 aromatic rings. The van der Waals surface area contributed by atoms with Crippen LogP contribution in [0.4, 0.5) is 0 Å². The summed E-state index contributed by atoms with van der Waals surface area (Å²) in [6.45, 7) is 0.790. The molecule has 0 spiro atoms. The smallest absolute Gasteiger partial charge is 0.146 e. The van der Waals surface area contributed by atoms with E-state index in [0.29, 0.717) is 15.8 Å². The Bertz CT molecular complexity index is 796. The third kappa shape index (κ3) is 4.38. The largest absolute Gasteiger partial charge is 0.456 e. The van der Waals surface area contributed by atoms with Gasteiger partial charge in [-0.1, -0.05) is 47.5 Å². The van der Waals surface area contributed by atoms with Crippen LogP contribution in [0.3, 0.4) is 0 Å². The maximum atomic E-state index is 6.10. The molecule has 0 fully saturated rings. The van der Waals surface area contributed by atoms with E-state index in [1.165, 1.54) is 0 Å². The molecule has 1 aromatic heterocycles. The molecule has 23 heavy (non-hydrogen) atoms. The van der Waals surface area contributed by atoms with Crippen molar-refractivity contribution in [3.8, 4) is 11.5 Å². The molecule has 116 valence electrons. The Morgan fingerprint density at radius 3 is 2.61 bits per heavy atom. The lowest BCUT2D eigenvalue weighted by Crippen LogP contribution is -1.89. The van der Waals surface area contributed by atoms with Crippen LogP contribution in [0, 0.1) is 0 Å². The molecule has 5 heteroatoms. The molecule has 2 aromatic carbocycles. The van der Waals surface area contributed by atoms with E-state index < -0.39 is 0 Å². The fourth-order valence-electron chi connectivity index (χ4n) is 2.04. The summed E-state index contributed by atoms with van der Waals surface area (Å²) in [6, 6.07) is 12.9. The van der Waals surface area contributed by atoms with Crippen LogP contribution in [0.25, 0.3) is 6.08 Å². The minimum Gasteiger partial charge on any atom is -0.456 e. The first kappa shape index (κ1) is 15.7. The Kier molecular flexibility index (Phi) is 5.01. The van der Waals surface area contributed by atoms with Crippen molar-refractivity contribution in [2.45, 2.75) is 6.54 Å². The standard InChI is InChI=1S/C18H14Cl2N2O/c19-15-5-8-18(17(20)12-15)23-16-6-3-14(4-7-16)2-1-10-22-11-9-21-13-22/h1-9,11-13H,10H2. The second-order valence-electron chi connectivity index (χ2n) is 4.91. The van der Waals surface area contributed by atoms with Crippen LogP contribution in [0.2, 0.25) is 10.0 Å². The number of hydrogen-bond acceptors (Lipinski definition) is 2. The highest BCUT2D eigenvalue weighted by Crippen LogP contribution is 2.31. The van der Waals surface area contributed by atoms with Gasteiger partial charge in [0, 0.05) is 24.0 Å². The number of benzene rings is 2. The van der Waals surface area contributed by atoms with Gasteiger partial charge in [-0.2, -0.15) is 0 Å². The fraction of sp³-hybridized carbons (Fsp3) is 0.0556. The molecule has 0 saturated heterocycles. The third-order valence-electron chi connectivity index (χ3n) is 3.19. The molecule has 0 saturated carbocycles. The summed E-state index contributed by atoms with van der Waals surface area (Å²) in [5.41, 5.74) is 1.10. The molecule has 0 atom stereocenters. The van der Waals surface area contributed by atoms with Crippen molar-refractivity contribution in [1.82, 2.24) is 9.55 Å². The molecular formula is C18H14Cl2N2O. The van der Waals surface area contributed by atoms with Crippen molar-refractivity contribution < 1.29 is 4.74 Å². The number of halogens is 2. The zero-order chi connectivity index (χ0) is 16.1. The zero-order valence-electron chi connectivity index (χ0n) is 12.2. The minimum atomic E-state index is 0.488. The molecule has 0 unspecified atom stereocenters. The molecule has 0 aliphatic rings. The van der Waals surface area contributed by atoms with Crippen LogP contribution < -0.4 is 4.74 Å². The van der Waals surface area contributed by atoms with Crippen LogP contribution >= 0.6 is 23.2 Å². The molecule has 1 heterocycles. The second-order valence-corrected chi connectivity index (χ2v) is 5.75. The number of aromatic nitrogens is 2. The first-order valence-electron chi connectivity index (χ1n) is 7.06. The van der Waals surface area contributed by atoms with Crippen LogP contribution in [0.5, 0.6) is 11.5 Å². The maximum Gasteiger partial charge on any atom is 0.146 e. The lowest BCUT2D eigenvalue weighted by atomic mass is 10.2. The van der Waals surface area contributed by atoms with Gasteiger partial charge in [-0.05, 0) is 35.9 Å². The average molecular weight is 345 g/mol. The third-order valence-corrected chi connectivity index (χ3v) is 3.72. The van der Waals surface area contributed by atoms with Crippen molar-refractivity contribution in [2.24, 2.45) is 0 Å². The Labute approximate surface area is 144 Å². The quantitative estimate of drug-likeness (QED) is 0.593.